The molecule has 7 nitrogen and oxygen atoms in total. The Kier molecular flexibility index (Phi) is 4.94. The molecule has 0 unspecified atom stereocenters. The van der Waals surface area contributed by atoms with Crippen LogP contribution in [0.1, 0.15) is 25.3 Å². The Balaban J connectivity index is 1.21. The van der Waals surface area contributed by atoms with Crippen LogP contribution in [-0.4, -0.2) is 75.2 Å². The molecule has 0 radical (unpaired) electrons. The lowest BCUT2D eigenvalue weighted by atomic mass is 10.0. The molecule has 2 N–H and O–H groups in total. The number of benzene rings is 1. The van der Waals surface area contributed by atoms with Crippen molar-refractivity contribution in [1.82, 2.24) is 24.7 Å². The summed E-state index contributed by atoms with van der Waals surface area (Å²) in [4.78, 5) is 32.6. The van der Waals surface area contributed by atoms with Crippen LogP contribution in [0.4, 0.5) is 0 Å². The first-order chi connectivity index (χ1) is 13.7. The predicted octanol–water partition coefficient (Wildman–Crippen LogP) is 1.23. The molecule has 0 spiro atoms. The standard InChI is InChI=1S/C20H27N5O2S/c26-19(24-9-10-28-13-24)17-11-15(12-21-17)23-7-5-14(6-8-23)25-18-4-2-1-3-16(18)22-20(25)27/h1-4,14-15,17,21H,5-13H2,(H,22,27)/t15-,17-/m0/s1. The highest BCUT2D eigenvalue weighted by Gasteiger charge is 2.37. The summed E-state index contributed by atoms with van der Waals surface area (Å²) in [7, 11) is 0. The first kappa shape index (κ1) is 18.3. The largest absolute Gasteiger partial charge is 0.331 e. The van der Waals surface area contributed by atoms with Crippen LogP contribution in [-0.2, 0) is 4.79 Å². The van der Waals surface area contributed by atoms with E-state index in [2.05, 4.69) is 15.2 Å². The van der Waals surface area contributed by atoms with Gasteiger partial charge in [0, 0.05) is 44.0 Å². The summed E-state index contributed by atoms with van der Waals surface area (Å²) in [6.45, 7) is 3.72. The first-order valence-electron chi connectivity index (χ1n) is 10.2. The second-order valence-electron chi connectivity index (χ2n) is 8.07. The number of piperidine rings is 1. The van der Waals surface area contributed by atoms with Gasteiger partial charge in [-0.1, -0.05) is 12.1 Å². The predicted molar refractivity (Wildman–Crippen MR) is 112 cm³/mol. The molecule has 1 amide bonds. The minimum atomic E-state index is -0.0299. The Labute approximate surface area is 168 Å². The van der Waals surface area contributed by atoms with Crippen molar-refractivity contribution in [1.29, 1.82) is 0 Å². The normalized spacial score (nSPS) is 27.1. The fraction of sp³-hybridized carbons (Fsp3) is 0.600. The van der Waals surface area contributed by atoms with Crippen molar-refractivity contribution in [2.24, 2.45) is 0 Å². The molecule has 0 bridgehead atoms. The van der Waals surface area contributed by atoms with E-state index >= 15 is 0 Å². The van der Waals surface area contributed by atoms with Crippen molar-refractivity contribution in [2.75, 3.05) is 37.8 Å². The van der Waals surface area contributed by atoms with Crippen molar-refractivity contribution in [2.45, 2.75) is 37.4 Å². The molecule has 3 aliphatic rings. The number of hydrogen-bond donors (Lipinski definition) is 2. The number of nitrogens with zero attached hydrogens (tertiary/aromatic N) is 3. The molecule has 2 atom stereocenters. The van der Waals surface area contributed by atoms with Gasteiger partial charge in [0.1, 0.15) is 0 Å². The number of carbonyl (C=O) groups excluding carboxylic acids is 1. The Morgan fingerprint density at radius 2 is 1.93 bits per heavy atom. The summed E-state index contributed by atoms with van der Waals surface area (Å²) >= 11 is 1.84. The second kappa shape index (κ2) is 7.57. The van der Waals surface area contributed by atoms with Crippen LogP contribution >= 0.6 is 11.8 Å². The number of H-pyrrole nitrogens is 1. The van der Waals surface area contributed by atoms with Crippen molar-refractivity contribution < 1.29 is 4.79 Å². The maximum Gasteiger partial charge on any atom is 0.326 e. The van der Waals surface area contributed by atoms with Gasteiger partial charge in [-0.05, 0) is 31.4 Å². The Morgan fingerprint density at radius 3 is 2.71 bits per heavy atom. The molecule has 150 valence electrons. The summed E-state index contributed by atoms with van der Waals surface area (Å²) in [5, 5.41) is 3.45. The smallest absolute Gasteiger partial charge is 0.326 e. The van der Waals surface area contributed by atoms with Crippen LogP contribution in [0.3, 0.4) is 0 Å². The number of amides is 1. The van der Waals surface area contributed by atoms with Crippen molar-refractivity contribution in [3.8, 4) is 0 Å². The average Bonchev–Trinajstić information content (AvgIpc) is 3.47. The zero-order valence-corrected chi connectivity index (χ0v) is 16.8. The highest BCUT2D eigenvalue weighted by molar-refractivity contribution is 7.99. The molecule has 1 aromatic carbocycles. The van der Waals surface area contributed by atoms with E-state index in [1.807, 2.05) is 45.5 Å². The Bertz CT molecular complexity index is 911. The van der Waals surface area contributed by atoms with E-state index in [1.54, 1.807) is 0 Å². The monoisotopic (exact) mass is 401 g/mol. The van der Waals surface area contributed by atoms with E-state index in [1.165, 1.54) is 0 Å². The number of imidazole rings is 1. The van der Waals surface area contributed by atoms with Crippen LogP contribution in [0.25, 0.3) is 11.0 Å². The number of aromatic nitrogens is 2. The fourth-order valence-electron chi connectivity index (χ4n) is 4.94. The van der Waals surface area contributed by atoms with Crippen molar-refractivity contribution in [3.63, 3.8) is 0 Å². The Morgan fingerprint density at radius 1 is 1.11 bits per heavy atom. The summed E-state index contributed by atoms with van der Waals surface area (Å²) in [5.74, 6) is 2.17. The molecule has 0 saturated carbocycles. The number of rotatable bonds is 3. The lowest BCUT2D eigenvalue weighted by Gasteiger charge is -2.36. The van der Waals surface area contributed by atoms with Gasteiger partial charge in [-0.2, -0.15) is 0 Å². The number of likely N-dealkylation sites (tertiary alicyclic amines) is 1. The lowest BCUT2D eigenvalue weighted by Crippen LogP contribution is -2.44. The van der Waals surface area contributed by atoms with Crippen LogP contribution in [0.2, 0.25) is 0 Å². The molecular weight excluding hydrogens is 374 g/mol. The molecule has 8 heteroatoms. The van der Waals surface area contributed by atoms with Crippen LogP contribution in [0.5, 0.6) is 0 Å². The van der Waals surface area contributed by atoms with Gasteiger partial charge in [-0.25, -0.2) is 4.79 Å². The van der Waals surface area contributed by atoms with E-state index < -0.39 is 0 Å². The van der Waals surface area contributed by atoms with Gasteiger partial charge in [-0.3, -0.25) is 14.3 Å². The van der Waals surface area contributed by atoms with Crippen LogP contribution < -0.4 is 11.0 Å². The first-order valence-corrected chi connectivity index (χ1v) is 11.4. The lowest BCUT2D eigenvalue weighted by molar-refractivity contribution is -0.131. The molecule has 5 rings (SSSR count). The number of fused-ring (bicyclic) bond motifs is 1. The molecule has 0 aliphatic carbocycles. The van der Waals surface area contributed by atoms with E-state index in [9.17, 15) is 9.59 Å². The highest BCUT2D eigenvalue weighted by Crippen LogP contribution is 2.28. The van der Waals surface area contributed by atoms with Crippen molar-refractivity contribution in [3.05, 3.63) is 34.7 Å². The second-order valence-corrected chi connectivity index (χ2v) is 9.15. The van der Waals surface area contributed by atoms with E-state index in [4.69, 9.17) is 0 Å². The molecule has 3 aliphatic heterocycles. The number of carbonyl (C=O) groups is 1. The van der Waals surface area contributed by atoms with Crippen LogP contribution in [0, 0.1) is 0 Å². The molecule has 3 saturated heterocycles. The average molecular weight is 402 g/mol. The number of aromatic amines is 1. The zero-order chi connectivity index (χ0) is 19.1. The van der Waals surface area contributed by atoms with Gasteiger partial charge >= 0.3 is 5.69 Å². The topological polar surface area (TPSA) is 73.4 Å². The molecule has 3 fully saturated rings. The van der Waals surface area contributed by atoms with Gasteiger partial charge in [0.2, 0.25) is 5.91 Å². The summed E-state index contributed by atoms with van der Waals surface area (Å²) < 4.78 is 1.94. The van der Waals surface area contributed by atoms with Gasteiger partial charge < -0.3 is 15.2 Å². The van der Waals surface area contributed by atoms with Gasteiger partial charge in [0.25, 0.3) is 0 Å². The zero-order valence-electron chi connectivity index (χ0n) is 16.0. The quantitative estimate of drug-likeness (QED) is 0.809. The maximum atomic E-state index is 12.6. The number of nitrogens with one attached hydrogen (secondary N) is 2. The van der Waals surface area contributed by atoms with Crippen LogP contribution in [0.15, 0.2) is 29.1 Å². The molecule has 2 aromatic rings. The molecular formula is C20H27N5O2S. The van der Waals surface area contributed by atoms with Crippen molar-refractivity contribution >= 4 is 28.7 Å². The molecule has 1 aromatic heterocycles. The van der Waals surface area contributed by atoms with Gasteiger partial charge in [0.05, 0.1) is 23.0 Å². The van der Waals surface area contributed by atoms with E-state index in [0.29, 0.717) is 6.04 Å². The third-order valence-electron chi connectivity index (χ3n) is 6.47. The highest BCUT2D eigenvalue weighted by atomic mass is 32.2. The summed E-state index contributed by atoms with van der Waals surface area (Å²) in [5.41, 5.74) is 1.91. The molecule has 4 heterocycles. The minimum Gasteiger partial charge on any atom is -0.331 e. The number of thioether (sulfide) groups is 1. The number of hydrogen-bond acceptors (Lipinski definition) is 5. The minimum absolute atomic E-state index is 0.00340. The Hall–Kier alpha value is -1.77. The van der Waals surface area contributed by atoms with Gasteiger partial charge in [-0.15, -0.1) is 11.8 Å². The number of para-hydroxylation sites is 2. The third kappa shape index (κ3) is 3.27. The molecule has 28 heavy (non-hydrogen) atoms. The summed E-state index contributed by atoms with van der Waals surface area (Å²) in [6, 6.07) is 8.56. The fourth-order valence-corrected chi connectivity index (χ4v) is 5.89. The van der Waals surface area contributed by atoms with E-state index in [0.717, 1.165) is 68.1 Å². The SMILES string of the molecule is O=C([C@@H]1C[C@H](N2CCC(n3c(=O)[nH]c4ccccc43)CC2)CN1)N1CCSC1. The van der Waals surface area contributed by atoms with E-state index in [-0.39, 0.29) is 23.7 Å². The maximum absolute atomic E-state index is 12.6. The third-order valence-corrected chi connectivity index (χ3v) is 7.44. The summed E-state index contributed by atoms with van der Waals surface area (Å²) in [6.07, 6.45) is 2.84. The van der Waals surface area contributed by atoms with Gasteiger partial charge in [0.15, 0.2) is 0 Å².